The minimum atomic E-state index is 0.536. The molecule has 0 aliphatic carbocycles. The van der Waals surface area contributed by atoms with E-state index in [2.05, 4.69) is 29.9 Å². The first-order valence-corrected chi connectivity index (χ1v) is 8.74. The molecule has 2 heterocycles. The predicted molar refractivity (Wildman–Crippen MR) is 93.3 cm³/mol. The van der Waals surface area contributed by atoms with E-state index in [1.807, 2.05) is 18.2 Å². The summed E-state index contributed by atoms with van der Waals surface area (Å²) in [6.45, 7) is 5.52. The Morgan fingerprint density at radius 1 is 1.27 bits per heavy atom. The van der Waals surface area contributed by atoms with Crippen LogP contribution in [0.5, 0.6) is 0 Å². The number of anilines is 1. The fourth-order valence-corrected chi connectivity index (χ4v) is 3.51. The average molecular weight is 318 g/mol. The summed E-state index contributed by atoms with van der Waals surface area (Å²) in [5.74, 6) is 1.70. The predicted octanol–water partition coefficient (Wildman–Crippen LogP) is 5.18. The van der Waals surface area contributed by atoms with Gasteiger partial charge < -0.3 is 5.32 Å². The molecule has 118 valence electrons. The molecule has 1 aromatic carbocycles. The summed E-state index contributed by atoms with van der Waals surface area (Å²) in [6.07, 6.45) is 5.83. The Balaban J connectivity index is 2.14. The van der Waals surface area contributed by atoms with E-state index in [1.54, 1.807) is 0 Å². The minimum Gasteiger partial charge on any atom is -0.370 e. The van der Waals surface area contributed by atoms with Gasteiger partial charge in [-0.15, -0.1) is 0 Å². The van der Waals surface area contributed by atoms with Crippen molar-refractivity contribution in [3.63, 3.8) is 0 Å². The number of nitrogens with one attached hydrogen (secondary N) is 1. The Kier molecular flexibility index (Phi) is 4.72. The summed E-state index contributed by atoms with van der Waals surface area (Å²) in [4.78, 5) is 0. The molecule has 0 radical (unpaired) electrons. The molecular formula is C18H24ClN3. The Morgan fingerprint density at radius 2 is 2.09 bits per heavy atom. The fourth-order valence-electron chi connectivity index (χ4n) is 3.33. The van der Waals surface area contributed by atoms with Gasteiger partial charge in [0.2, 0.25) is 0 Å². The van der Waals surface area contributed by atoms with E-state index in [-0.39, 0.29) is 0 Å². The van der Waals surface area contributed by atoms with Gasteiger partial charge in [-0.25, -0.2) is 4.68 Å². The number of nitrogens with zero attached hydrogens (tertiary/aromatic N) is 2. The van der Waals surface area contributed by atoms with Crippen LogP contribution < -0.4 is 5.32 Å². The van der Waals surface area contributed by atoms with Gasteiger partial charge in [-0.1, -0.05) is 31.5 Å². The van der Waals surface area contributed by atoms with Crippen molar-refractivity contribution in [1.29, 1.82) is 0 Å². The highest BCUT2D eigenvalue weighted by Gasteiger charge is 2.24. The molecule has 0 amide bonds. The van der Waals surface area contributed by atoms with Crippen molar-refractivity contribution in [1.82, 2.24) is 9.78 Å². The van der Waals surface area contributed by atoms with Crippen LogP contribution in [0.1, 0.15) is 56.7 Å². The summed E-state index contributed by atoms with van der Waals surface area (Å²) < 4.78 is 2.06. The molecule has 1 aromatic heterocycles. The number of rotatable bonds is 4. The third-order valence-corrected chi connectivity index (χ3v) is 4.82. The van der Waals surface area contributed by atoms with Gasteiger partial charge in [-0.05, 0) is 50.3 Å². The van der Waals surface area contributed by atoms with E-state index in [4.69, 9.17) is 16.7 Å². The fraction of sp³-hybridized carbons (Fsp3) is 0.500. The highest BCUT2D eigenvalue weighted by Crippen LogP contribution is 2.34. The van der Waals surface area contributed by atoms with E-state index < -0.39 is 0 Å². The SMILES string of the molecule is CCC(CC)c1nn(-c2cccc(Cl)c2)c2c1CCCCN2. The number of halogens is 1. The Labute approximate surface area is 137 Å². The molecule has 1 N–H and O–H groups in total. The van der Waals surface area contributed by atoms with E-state index in [0.29, 0.717) is 5.92 Å². The molecule has 4 heteroatoms. The van der Waals surface area contributed by atoms with Gasteiger partial charge in [-0.2, -0.15) is 5.10 Å². The second kappa shape index (κ2) is 6.74. The quantitative estimate of drug-likeness (QED) is 0.842. The first-order valence-electron chi connectivity index (χ1n) is 8.36. The molecule has 22 heavy (non-hydrogen) atoms. The normalized spacial score (nSPS) is 14.5. The monoisotopic (exact) mass is 317 g/mol. The maximum Gasteiger partial charge on any atom is 0.133 e. The van der Waals surface area contributed by atoms with Crippen LogP contribution in [0.15, 0.2) is 24.3 Å². The molecule has 3 rings (SSSR count). The highest BCUT2D eigenvalue weighted by molar-refractivity contribution is 6.30. The van der Waals surface area contributed by atoms with Crippen LogP contribution in [0.2, 0.25) is 5.02 Å². The first-order chi connectivity index (χ1) is 10.7. The second-order valence-corrected chi connectivity index (χ2v) is 6.44. The smallest absolute Gasteiger partial charge is 0.133 e. The summed E-state index contributed by atoms with van der Waals surface area (Å²) in [6, 6.07) is 7.95. The van der Waals surface area contributed by atoms with Gasteiger partial charge >= 0.3 is 0 Å². The molecule has 0 unspecified atom stereocenters. The van der Waals surface area contributed by atoms with Gasteiger partial charge in [0.1, 0.15) is 5.82 Å². The lowest BCUT2D eigenvalue weighted by atomic mass is 9.94. The number of hydrogen-bond acceptors (Lipinski definition) is 2. The van der Waals surface area contributed by atoms with Crippen molar-refractivity contribution in [2.24, 2.45) is 0 Å². The van der Waals surface area contributed by atoms with E-state index in [1.165, 1.54) is 29.9 Å². The molecule has 0 atom stereocenters. The molecule has 0 fully saturated rings. The third kappa shape index (κ3) is 2.87. The summed E-state index contributed by atoms with van der Waals surface area (Å²) in [7, 11) is 0. The zero-order valence-electron chi connectivity index (χ0n) is 13.4. The number of fused-ring (bicyclic) bond motifs is 1. The van der Waals surface area contributed by atoms with E-state index >= 15 is 0 Å². The van der Waals surface area contributed by atoms with Gasteiger partial charge in [0.05, 0.1) is 11.4 Å². The number of aromatic nitrogens is 2. The van der Waals surface area contributed by atoms with Crippen molar-refractivity contribution < 1.29 is 0 Å². The number of benzene rings is 1. The lowest BCUT2D eigenvalue weighted by molar-refractivity contribution is 0.605. The summed E-state index contributed by atoms with van der Waals surface area (Å²) in [5, 5.41) is 9.32. The molecule has 1 aliphatic rings. The Hall–Kier alpha value is -1.48. The summed E-state index contributed by atoms with van der Waals surface area (Å²) >= 11 is 6.17. The Morgan fingerprint density at radius 3 is 2.82 bits per heavy atom. The van der Waals surface area contributed by atoms with Gasteiger partial charge in [0.25, 0.3) is 0 Å². The molecule has 2 aromatic rings. The van der Waals surface area contributed by atoms with Crippen LogP contribution in [-0.2, 0) is 6.42 Å². The maximum atomic E-state index is 6.17. The standard InChI is InChI=1S/C18H24ClN3/c1-3-13(4-2)17-16-10-5-6-11-20-18(16)22(21-17)15-9-7-8-14(19)12-15/h7-9,12-13,20H,3-6,10-11H2,1-2H3. The van der Waals surface area contributed by atoms with Crippen LogP contribution in [0.3, 0.4) is 0 Å². The first kappa shape index (κ1) is 15.4. The van der Waals surface area contributed by atoms with Crippen molar-refractivity contribution in [2.75, 3.05) is 11.9 Å². The van der Waals surface area contributed by atoms with Gasteiger partial charge in [0, 0.05) is 23.0 Å². The van der Waals surface area contributed by atoms with E-state index in [9.17, 15) is 0 Å². The number of hydrogen-bond donors (Lipinski definition) is 1. The lowest BCUT2D eigenvalue weighted by Gasteiger charge is -2.11. The minimum absolute atomic E-state index is 0.536. The lowest BCUT2D eigenvalue weighted by Crippen LogP contribution is -2.07. The van der Waals surface area contributed by atoms with Crippen LogP contribution in [0.4, 0.5) is 5.82 Å². The zero-order valence-corrected chi connectivity index (χ0v) is 14.2. The van der Waals surface area contributed by atoms with Crippen LogP contribution >= 0.6 is 11.6 Å². The topological polar surface area (TPSA) is 29.9 Å². The molecule has 3 nitrogen and oxygen atoms in total. The molecule has 1 aliphatic heterocycles. The molecular weight excluding hydrogens is 294 g/mol. The average Bonchev–Trinajstić information content (AvgIpc) is 2.71. The zero-order chi connectivity index (χ0) is 15.5. The Bertz CT molecular complexity index is 644. The van der Waals surface area contributed by atoms with Gasteiger partial charge in [-0.3, -0.25) is 0 Å². The highest BCUT2D eigenvalue weighted by atomic mass is 35.5. The summed E-state index contributed by atoms with van der Waals surface area (Å²) in [5.41, 5.74) is 3.72. The van der Waals surface area contributed by atoms with Crippen LogP contribution in [0.25, 0.3) is 5.69 Å². The third-order valence-electron chi connectivity index (χ3n) is 4.59. The van der Waals surface area contributed by atoms with Crippen LogP contribution in [-0.4, -0.2) is 16.3 Å². The molecule has 0 bridgehead atoms. The largest absolute Gasteiger partial charge is 0.370 e. The molecule has 0 saturated carbocycles. The van der Waals surface area contributed by atoms with Crippen molar-refractivity contribution in [2.45, 2.75) is 51.9 Å². The van der Waals surface area contributed by atoms with Crippen molar-refractivity contribution >= 4 is 17.4 Å². The van der Waals surface area contributed by atoms with E-state index in [0.717, 1.165) is 36.5 Å². The molecule has 0 spiro atoms. The van der Waals surface area contributed by atoms with Gasteiger partial charge in [0.15, 0.2) is 0 Å². The van der Waals surface area contributed by atoms with Crippen molar-refractivity contribution in [3.8, 4) is 5.69 Å². The van der Waals surface area contributed by atoms with Crippen molar-refractivity contribution in [3.05, 3.63) is 40.5 Å². The van der Waals surface area contributed by atoms with Crippen LogP contribution in [0, 0.1) is 0 Å². The maximum absolute atomic E-state index is 6.17. The molecule has 0 saturated heterocycles. The second-order valence-electron chi connectivity index (χ2n) is 6.00.